The lowest BCUT2D eigenvalue weighted by Gasteiger charge is -2.38. The van der Waals surface area contributed by atoms with Crippen LogP contribution in [0.5, 0.6) is 11.5 Å². The van der Waals surface area contributed by atoms with Crippen molar-refractivity contribution >= 4 is 79.6 Å². The quantitative estimate of drug-likeness (QED) is 0.189. The lowest BCUT2D eigenvalue weighted by molar-refractivity contribution is 0.487. The van der Waals surface area contributed by atoms with E-state index in [-0.39, 0.29) is 6.71 Å². The van der Waals surface area contributed by atoms with Crippen LogP contribution in [0.2, 0.25) is 0 Å². The molecule has 0 N–H and O–H groups in total. The molecule has 7 heteroatoms. The molecule has 8 aromatic rings. The van der Waals surface area contributed by atoms with Crippen LogP contribution in [-0.2, 0) is 0 Å². The number of hydrogen-bond donors (Lipinski definition) is 0. The van der Waals surface area contributed by atoms with E-state index in [1.165, 1.54) is 0 Å². The number of benzene rings is 5. The van der Waals surface area contributed by atoms with Gasteiger partial charge in [0.1, 0.15) is 40.1 Å². The number of rotatable bonds is 4. The fourth-order valence-electron chi connectivity index (χ4n) is 7.21. The minimum Gasteiger partial charge on any atom is -0.458 e. The molecule has 3 aromatic heterocycles. The largest absolute Gasteiger partial charge is 0.458 e. The summed E-state index contributed by atoms with van der Waals surface area (Å²) in [4.78, 5) is 14.9. The van der Waals surface area contributed by atoms with E-state index in [1.54, 1.807) is 0 Å². The van der Waals surface area contributed by atoms with E-state index in [0.29, 0.717) is 0 Å². The van der Waals surface area contributed by atoms with Gasteiger partial charge in [0, 0.05) is 28.4 Å². The highest BCUT2D eigenvalue weighted by Gasteiger charge is 2.43. The third kappa shape index (κ3) is 3.86. The van der Waals surface area contributed by atoms with Crippen LogP contribution >= 0.6 is 0 Å². The Bertz CT molecular complexity index is 2480. The summed E-state index contributed by atoms with van der Waals surface area (Å²) in [6.07, 6.45) is 1.82. The first-order valence-corrected chi connectivity index (χ1v) is 15.7. The number of hydrogen-bond acceptors (Lipinski definition) is 6. The molecule has 0 saturated carbocycles. The van der Waals surface area contributed by atoms with E-state index in [1.807, 2.05) is 72.9 Å². The molecule has 0 aliphatic carbocycles. The van der Waals surface area contributed by atoms with E-state index in [2.05, 4.69) is 88.7 Å². The van der Waals surface area contributed by atoms with Crippen molar-refractivity contribution in [3.8, 4) is 11.5 Å². The van der Waals surface area contributed by atoms with Gasteiger partial charge in [-0.2, -0.15) is 0 Å². The highest BCUT2D eigenvalue weighted by Crippen LogP contribution is 2.44. The Hall–Kier alpha value is -6.34. The summed E-state index contributed by atoms with van der Waals surface area (Å²) in [5.74, 6) is 4.11. The molecule has 0 fully saturated rings. The molecule has 0 bridgehead atoms. The second-order valence-corrected chi connectivity index (χ2v) is 11.8. The molecular weight excluding hydrogens is 579 g/mol. The average molecular weight is 604 g/mol. The van der Waals surface area contributed by atoms with Crippen LogP contribution in [0, 0.1) is 0 Å². The van der Waals surface area contributed by atoms with Gasteiger partial charge in [-0.25, -0.2) is 9.97 Å². The molecule has 0 unspecified atom stereocenters. The molecule has 0 amide bonds. The van der Waals surface area contributed by atoms with Crippen molar-refractivity contribution in [1.82, 2.24) is 9.97 Å². The highest BCUT2D eigenvalue weighted by atomic mass is 16.5. The zero-order valence-corrected chi connectivity index (χ0v) is 25.1. The minimum absolute atomic E-state index is 0.0819. The standard InChI is InChI=1S/C40H25BN4O2/c1-3-12-26(13-4-1)44(31-18-11-21-34-37(31)28-16-7-9-19-32(28)46-34)36-23-22-30-39(43-36)45(27-14-5-2-6-15-27)40-38-35(24-25-42-40)47-33-20-10-8-17-29(33)41(30)38/h1-25H. The van der Waals surface area contributed by atoms with Gasteiger partial charge >= 0.3 is 0 Å². The molecule has 0 saturated heterocycles. The molecule has 47 heavy (non-hydrogen) atoms. The molecule has 0 spiro atoms. The van der Waals surface area contributed by atoms with Crippen molar-refractivity contribution in [3.05, 3.63) is 152 Å². The van der Waals surface area contributed by atoms with Crippen molar-refractivity contribution in [1.29, 1.82) is 0 Å². The molecule has 0 atom stereocenters. The van der Waals surface area contributed by atoms with Crippen molar-refractivity contribution in [2.75, 3.05) is 9.80 Å². The van der Waals surface area contributed by atoms with Crippen molar-refractivity contribution in [3.63, 3.8) is 0 Å². The summed E-state index contributed by atoms with van der Waals surface area (Å²) < 4.78 is 12.8. The molecule has 10 rings (SSSR count). The van der Waals surface area contributed by atoms with Gasteiger partial charge in [0.25, 0.3) is 6.71 Å². The lowest BCUT2D eigenvalue weighted by atomic mass is 9.35. The maximum absolute atomic E-state index is 6.47. The lowest BCUT2D eigenvalue weighted by Crippen LogP contribution is -2.60. The normalized spacial score (nSPS) is 12.8. The van der Waals surface area contributed by atoms with Gasteiger partial charge in [-0.15, -0.1) is 0 Å². The van der Waals surface area contributed by atoms with Crippen LogP contribution in [0.1, 0.15) is 0 Å². The Labute approximate surface area is 271 Å². The number of para-hydroxylation sites is 4. The molecular formula is C40H25BN4O2. The van der Waals surface area contributed by atoms with Crippen LogP contribution in [-0.4, -0.2) is 16.7 Å². The van der Waals surface area contributed by atoms with Gasteiger partial charge in [0.2, 0.25) is 0 Å². The second-order valence-electron chi connectivity index (χ2n) is 11.8. The van der Waals surface area contributed by atoms with Gasteiger partial charge < -0.3 is 9.15 Å². The molecule has 0 radical (unpaired) electrons. The van der Waals surface area contributed by atoms with Crippen LogP contribution in [0.15, 0.2) is 156 Å². The summed E-state index contributed by atoms with van der Waals surface area (Å²) in [7, 11) is 0. The Morgan fingerprint density at radius 2 is 1.36 bits per heavy atom. The fourth-order valence-corrected chi connectivity index (χ4v) is 7.21. The third-order valence-corrected chi connectivity index (χ3v) is 9.17. The van der Waals surface area contributed by atoms with E-state index in [9.17, 15) is 0 Å². The SMILES string of the molecule is c1ccc(N2c3nc(N(c4ccccc4)c4cccc5oc6ccccc6c45)ccc3B3c4ccccc4Oc4ccnc2c43)cc1. The fraction of sp³-hybridized carbons (Fsp3) is 0. The average Bonchev–Trinajstić information content (AvgIpc) is 3.52. The second kappa shape index (κ2) is 10.1. The summed E-state index contributed by atoms with van der Waals surface area (Å²) in [5, 5.41) is 2.11. The minimum atomic E-state index is -0.0819. The van der Waals surface area contributed by atoms with Gasteiger partial charge in [-0.05, 0) is 71.6 Å². The molecule has 2 aliphatic heterocycles. The number of nitrogens with zero attached hydrogens (tertiary/aromatic N) is 4. The maximum Gasteiger partial charge on any atom is 0.260 e. The molecule has 220 valence electrons. The summed E-state index contributed by atoms with van der Waals surface area (Å²) in [5.41, 5.74) is 7.90. The van der Waals surface area contributed by atoms with Crippen LogP contribution in [0.4, 0.5) is 34.5 Å². The number of anilines is 6. The Morgan fingerprint density at radius 1 is 0.596 bits per heavy atom. The summed E-state index contributed by atoms with van der Waals surface area (Å²) in [6, 6.07) is 49.8. The van der Waals surface area contributed by atoms with E-state index in [4.69, 9.17) is 19.1 Å². The summed E-state index contributed by atoms with van der Waals surface area (Å²) in [6.45, 7) is -0.0819. The van der Waals surface area contributed by atoms with Crippen LogP contribution < -0.4 is 30.9 Å². The van der Waals surface area contributed by atoms with E-state index in [0.717, 1.165) is 84.3 Å². The van der Waals surface area contributed by atoms with Gasteiger partial charge in [0.05, 0.1) is 11.1 Å². The van der Waals surface area contributed by atoms with Crippen molar-refractivity contribution in [2.24, 2.45) is 0 Å². The Morgan fingerprint density at radius 3 is 2.26 bits per heavy atom. The summed E-state index contributed by atoms with van der Waals surface area (Å²) >= 11 is 0. The predicted molar refractivity (Wildman–Crippen MR) is 190 cm³/mol. The van der Waals surface area contributed by atoms with Gasteiger partial charge in [0.15, 0.2) is 0 Å². The zero-order chi connectivity index (χ0) is 30.9. The molecule has 5 aromatic carbocycles. The number of pyridine rings is 2. The Kier molecular flexibility index (Phi) is 5.57. The maximum atomic E-state index is 6.47. The first-order valence-electron chi connectivity index (χ1n) is 15.7. The van der Waals surface area contributed by atoms with Gasteiger partial charge in [-0.1, -0.05) is 84.9 Å². The van der Waals surface area contributed by atoms with E-state index >= 15 is 0 Å². The number of furan rings is 1. The third-order valence-electron chi connectivity index (χ3n) is 9.17. The molecule has 2 aliphatic rings. The first-order chi connectivity index (χ1) is 23.3. The van der Waals surface area contributed by atoms with Gasteiger partial charge in [-0.3, -0.25) is 9.80 Å². The van der Waals surface area contributed by atoms with Crippen molar-refractivity contribution in [2.45, 2.75) is 0 Å². The number of ether oxygens (including phenoxy) is 1. The van der Waals surface area contributed by atoms with E-state index < -0.39 is 0 Å². The molecule has 6 nitrogen and oxygen atoms in total. The topological polar surface area (TPSA) is 54.6 Å². The predicted octanol–water partition coefficient (Wildman–Crippen LogP) is 8.25. The molecule has 5 heterocycles. The van der Waals surface area contributed by atoms with Crippen LogP contribution in [0.3, 0.4) is 0 Å². The number of aromatic nitrogens is 2. The smallest absolute Gasteiger partial charge is 0.260 e. The number of fused-ring (bicyclic) bond motifs is 7. The van der Waals surface area contributed by atoms with Crippen LogP contribution in [0.25, 0.3) is 21.9 Å². The van der Waals surface area contributed by atoms with Crippen molar-refractivity contribution < 1.29 is 9.15 Å². The zero-order valence-electron chi connectivity index (χ0n) is 25.1. The first kappa shape index (κ1) is 25.9. The Balaban J connectivity index is 1.26. The monoisotopic (exact) mass is 604 g/mol. The highest BCUT2D eigenvalue weighted by molar-refractivity contribution is 6.99.